The highest BCUT2D eigenvalue weighted by Gasteiger charge is 2.19. The monoisotopic (exact) mass is 380 g/mol. The zero-order valence-electron chi connectivity index (χ0n) is 15.8. The molecule has 144 valence electrons. The summed E-state index contributed by atoms with van der Waals surface area (Å²) in [4.78, 5) is 28.2. The van der Waals surface area contributed by atoms with Gasteiger partial charge in [-0.3, -0.25) is 4.98 Å². The van der Waals surface area contributed by atoms with Crippen LogP contribution in [0.5, 0.6) is 5.75 Å². The van der Waals surface area contributed by atoms with Crippen molar-refractivity contribution >= 4 is 34.2 Å². The van der Waals surface area contributed by atoms with Crippen molar-refractivity contribution in [1.82, 2.24) is 4.98 Å². The first kappa shape index (κ1) is 19.2. The first-order chi connectivity index (χ1) is 13.5. The summed E-state index contributed by atoms with van der Waals surface area (Å²) in [6.45, 7) is 3.80. The van der Waals surface area contributed by atoms with Gasteiger partial charge in [-0.25, -0.2) is 9.59 Å². The number of carbonyl (C=O) groups is 2. The van der Waals surface area contributed by atoms with E-state index < -0.39 is 11.9 Å². The molecule has 0 amide bonds. The minimum atomic E-state index is -1.03. The third kappa shape index (κ3) is 3.59. The zero-order chi connectivity index (χ0) is 20.3. The number of nitrogens with zero attached hydrogens (tertiary/aromatic N) is 1. The number of aryl methyl sites for hydroxylation is 1. The largest absolute Gasteiger partial charge is 0.494 e. The predicted octanol–water partition coefficient (Wildman–Crippen LogP) is 4.17. The molecule has 0 fully saturated rings. The molecule has 3 rings (SSSR count). The molecule has 1 heterocycles. The maximum atomic E-state index is 12.5. The number of carboxylic acids is 1. The number of hydrogen-bond donors (Lipinski definition) is 2. The Hall–Kier alpha value is -3.61. The van der Waals surface area contributed by atoms with E-state index in [-0.39, 0.29) is 17.7 Å². The topological polar surface area (TPSA) is 97.8 Å². The number of ether oxygens (including phenoxy) is 2. The van der Waals surface area contributed by atoms with Crippen molar-refractivity contribution in [2.24, 2.45) is 0 Å². The molecule has 0 aliphatic carbocycles. The lowest BCUT2D eigenvalue weighted by Crippen LogP contribution is -2.10. The highest BCUT2D eigenvalue weighted by Crippen LogP contribution is 2.34. The Morgan fingerprint density at radius 2 is 2.00 bits per heavy atom. The molecule has 7 nitrogen and oxygen atoms in total. The third-order valence-corrected chi connectivity index (χ3v) is 4.32. The SMILES string of the molecule is CCOC(=O)c1cnc2c(OC)cccc2c1Nc1cc(C(=O)O)ccc1C. The highest BCUT2D eigenvalue weighted by atomic mass is 16.5. The first-order valence-electron chi connectivity index (χ1n) is 8.70. The number of rotatable bonds is 6. The smallest absolute Gasteiger partial charge is 0.341 e. The molecule has 0 aliphatic rings. The molecular formula is C21H20N2O5. The van der Waals surface area contributed by atoms with E-state index in [2.05, 4.69) is 10.3 Å². The number of fused-ring (bicyclic) bond motifs is 1. The quantitative estimate of drug-likeness (QED) is 0.619. The summed E-state index contributed by atoms with van der Waals surface area (Å²) in [7, 11) is 1.54. The molecule has 1 aromatic heterocycles. The molecule has 0 saturated carbocycles. The van der Waals surface area contributed by atoms with E-state index in [4.69, 9.17) is 9.47 Å². The number of anilines is 2. The van der Waals surface area contributed by atoms with Crippen LogP contribution in [-0.2, 0) is 4.74 Å². The van der Waals surface area contributed by atoms with Gasteiger partial charge in [-0.15, -0.1) is 0 Å². The Labute approximate surface area is 161 Å². The third-order valence-electron chi connectivity index (χ3n) is 4.32. The van der Waals surface area contributed by atoms with Gasteiger partial charge < -0.3 is 19.9 Å². The Bertz CT molecular complexity index is 1060. The lowest BCUT2D eigenvalue weighted by atomic mass is 10.1. The van der Waals surface area contributed by atoms with Crippen molar-refractivity contribution < 1.29 is 24.2 Å². The number of benzene rings is 2. The van der Waals surface area contributed by atoms with Gasteiger partial charge in [0.15, 0.2) is 0 Å². The number of methoxy groups -OCH3 is 1. The van der Waals surface area contributed by atoms with E-state index in [0.29, 0.717) is 28.0 Å². The van der Waals surface area contributed by atoms with Gasteiger partial charge in [0.2, 0.25) is 0 Å². The van der Waals surface area contributed by atoms with Crippen LogP contribution < -0.4 is 10.1 Å². The Kier molecular flexibility index (Phi) is 5.44. The van der Waals surface area contributed by atoms with Crippen molar-refractivity contribution in [3.8, 4) is 5.75 Å². The van der Waals surface area contributed by atoms with Crippen LogP contribution in [0.3, 0.4) is 0 Å². The van der Waals surface area contributed by atoms with Crippen molar-refractivity contribution in [3.63, 3.8) is 0 Å². The van der Waals surface area contributed by atoms with Gasteiger partial charge in [0, 0.05) is 17.3 Å². The standard InChI is InChI=1S/C21H20N2O5/c1-4-28-21(26)15-11-22-19-14(6-5-7-17(19)27-3)18(15)23-16-10-13(20(24)25)9-8-12(16)2/h5-11H,4H2,1-3H3,(H,22,23)(H,24,25). The number of esters is 1. The molecule has 0 unspecified atom stereocenters. The number of carbonyl (C=O) groups excluding carboxylic acids is 1. The molecule has 0 radical (unpaired) electrons. The normalized spacial score (nSPS) is 10.5. The number of nitrogens with one attached hydrogen (secondary N) is 1. The van der Waals surface area contributed by atoms with Crippen molar-refractivity contribution in [3.05, 3.63) is 59.3 Å². The van der Waals surface area contributed by atoms with Crippen LogP contribution in [0.4, 0.5) is 11.4 Å². The van der Waals surface area contributed by atoms with Crippen LogP contribution in [-0.4, -0.2) is 35.7 Å². The molecule has 7 heteroatoms. The van der Waals surface area contributed by atoms with E-state index in [1.807, 2.05) is 13.0 Å². The summed E-state index contributed by atoms with van der Waals surface area (Å²) in [5.74, 6) is -0.990. The van der Waals surface area contributed by atoms with Crippen LogP contribution in [0.1, 0.15) is 33.2 Å². The minimum absolute atomic E-state index is 0.140. The van der Waals surface area contributed by atoms with E-state index in [1.54, 1.807) is 32.2 Å². The molecule has 0 saturated heterocycles. The molecule has 2 N–H and O–H groups in total. The summed E-state index contributed by atoms with van der Waals surface area (Å²) in [6.07, 6.45) is 1.43. The molecule has 0 spiro atoms. The van der Waals surface area contributed by atoms with E-state index >= 15 is 0 Å². The van der Waals surface area contributed by atoms with Crippen molar-refractivity contribution in [2.45, 2.75) is 13.8 Å². The van der Waals surface area contributed by atoms with Gasteiger partial charge >= 0.3 is 11.9 Å². The zero-order valence-corrected chi connectivity index (χ0v) is 15.8. The molecule has 0 atom stereocenters. The van der Waals surface area contributed by atoms with Crippen LogP contribution >= 0.6 is 0 Å². The van der Waals surface area contributed by atoms with E-state index in [1.165, 1.54) is 18.3 Å². The predicted molar refractivity (Wildman–Crippen MR) is 106 cm³/mol. The van der Waals surface area contributed by atoms with Gasteiger partial charge in [0.1, 0.15) is 16.8 Å². The van der Waals surface area contributed by atoms with Crippen molar-refractivity contribution in [1.29, 1.82) is 0 Å². The average Bonchev–Trinajstić information content (AvgIpc) is 2.69. The number of para-hydroxylation sites is 1. The summed E-state index contributed by atoms with van der Waals surface area (Å²) in [5.41, 5.74) is 2.85. The number of carboxylic acid groups (broad SMARTS) is 1. The minimum Gasteiger partial charge on any atom is -0.494 e. The van der Waals surface area contributed by atoms with Crippen LogP contribution in [0.15, 0.2) is 42.6 Å². The summed E-state index contributed by atoms with van der Waals surface area (Å²) in [5, 5.41) is 13.2. The van der Waals surface area contributed by atoms with Gasteiger partial charge in [-0.2, -0.15) is 0 Å². The Morgan fingerprint density at radius 1 is 1.21 bits per heavy atom. The second-order valence-corrected chi connectivity index (χ2v) is 6.08. The van der Waals surface area contributed by atoms with Gasteiger partial charge in [-0.1, -0.05) is 18.2 Å². The summed E-state index contributed by atoms with van der Waals surface area (Å²) >= 11 is 0. The van der Waals surface area contributed by atoms with E-state index in [0.717, 1.165) is 5.56 Å². The van der Waals surface area contributed by atoms with Gasteiger partial charge in [0.05, 0.1) is 25.0 Å². The fourth-order valence-electron chi connectivity index (χ4n) is 2.88. The fraction of sp³-hybridized carbons (Fsp3) is 0.190. The van der Waals surface area contributed by atoms with E-state index in [9.17, 15) is 14.7 Å². The highest BCUT2D eigenvalue weighted by molar-refractivity contribution is 6.07. The van der Waals surface area contributed by atoms with Crippen LogP contribution in [0.2, 0.25) is 0 Å². The number of aromatic nitrogens is 1. The number of pyridine rings is 1. The van der Waals surface area contributed by atoms with Crippen LogP contribution in [0.25, 0.3) is 10.9 Å². The van der Waals surface area contributed by atoms with Crippen molar-refractivity contribution in [2.75, 3.05) is 19.0 Å². The maximum absolute atomic E-state index is 12.5. The molecule has 3 aromatic rings. The molecule has 2 aromatic carbocycles. The number of hydrogen-bond acceptors (Lipinski definition) is 6. The Morgan fingerprint density at radius 3 is 2.68 bits per heavy atom. The first-order valence-corrected chi connectivity index (χ1v) is 8.70. The lowest BCUT2D eigenvalue weighted by molar-refractivity contribution is 0.0526. The maximum Gasteiger partial charge on any atom is 0.341 e. The summed E-state index contributed by atoms with van der Waals surface area (Å²) in [6, 6.07) is 10.1. The van der Waals surface area contributed by atoms with Gasteiger partial charge in [-0.05, 0) is 37.6 Å². The molecule has 0 bridgehead atoms. The van der Waals surface area contributed by atoms with Gasteiger partial charge in [0.25, 0.3) is 0 Å². The fourth-order valence-corrected chi connectivity index (χ4v) is 2.88. The number of aromatic carboxylic acids is 1. The van der Waals surface area contributed by atoms with Crippen LogP contribution in [0, 0.1) is 6.92 Å². The molecule has 0 aliphatic heterocycles. The molecular weight excluding hydrogens is 360 g/mol. The molecule has 28 heavy (non-hydrogen) atoms. The average molecular weight is 380 g/mol. The Balaban J connectivity index is 2.22. The lowest BCUT2D eigenvalue weighted by Gasteiger charge is -2.17. The second kappa shape index (κ2) is 7.96. The second-order valence-electron chi connectivity index (χ2n) is 6.08. The summed E-state index contributed by atoms with van der Waals surface area (Å²) < 4.78 is 10.5.